The molecule has 0 rings (SSSR count). The molecule has 0 aliphatic rings. The molecule has 0 saturated heterocycles. The molecule has 0 aromatic heterocycles. The van der Waals surface area contributed by atoms with Crippen molar-refractivity contribution >= 4 is 0 Å². The van der Waals surface area contributed by atoms with Gasteiger partial charge in [0.1, 0.15) is 0 Å². The van der Waals surface area contributed by atoms with Crippen molar-refractivity contribution in [3.05, 3.63) is 0 Å². The summed E-state index contributed by atoms with van der Waals surface area (Å²) in [4.78, 5) is 0. The minimum absolute atomic E-state index is 0.0293. The maximum atomic E-state index is 8.72. The van der Waals surface area contributed by atoms with Crippen LogP contribution in [0.2, 0.25) is 0 Å². The molecule has 0 radical (unpaired) electrons. The topological polar surface area (TPSA) is 144 Å². The van der Waals surface area contributed by atoms with E-state index in [-0.39, 0.29) is 38.1 Å². The Hall–Kier alpha value is -0.480. The lowest BCUT2D eigenvalue weighted by Crippen LogP contribution is -2.25. The second-order valence-electron chi connectivity index (χ2n) is 7.64. The van der Waals surface area contributed by atoms with E-state index in [2.05, 4.69) is 0 Å². The van der Waals surface area contributed by atoms with Gasteiger partial charge in [0.2, 0.25) is 0 Å². The minimum atomic E-state index is -0.124. The summed E-state index contributed by atoms with van der Waals surface area (Å²) in [7, 11) is 1.66. The van der Waals surface area contributed by atoms with Crippen LogP contribution in [0.4, 0.5) is 0 Å². The van der Waals surface area contributed by atoms with Gasteiger partial charge in [-0.3, -0.25) is 0 Å². The average Bonchev–Trinajstić information content (AvgIpc) is 2.89. The fourth-order valence-corrected chi connectivity index (χ4v) is 2.10. The van der Waals surface area contributed by atoms with Gasteiger partial charge < -0.3 is 58.0 Å². The maximum absolute atomic E-state index is 8.72. The van der Waals surface area contributed by atoms with Gasteiger partial charge in [-0.15, -0.1) is 0 Å². The molecule has 0 aromatic rings. The molecule has 3 atom stereocenters. The van der Waals surface area contributed by atoms with Gasteiger partial charge in [0, 0.05) is 7.11 Å². The first-order valence-corrected chi connectivity index (χ1v) is 12.6. The molecule has 3 unspecified atom stereocenters. The van der Waals surface area contributed by atoms with Crippen LogP contribution in [0.25, 0.3) is 0 Å². The monoisotopic (exact) mass is 532 g/mol. The van der Waals surface area contributed by atoms with E-state index >= 15 is 0 Å². The van der Waals surface area contributed by atoms with E-state index in [0.717, 1.165) is 0 Å². The number of hydrogen-bond donors (Lipinski definition) is 3. The van der Waals surface area contributed by atoms with Crippen LogP contribution in [0.15, 0.2) is 0 Å². The molecule has 12 heteroatoms. The van der Waals surface area contributed by atoms with E-state index in [0.29, 0.717) is 92.5 Å². The first-order chi connectivity index (χ1) is 17.5. The Morgan fingerprint density at radius 1 is 0.444 bits per heavy atom. The van der Waals surface area contributed by atoms with Crippen molar-refractivity contribution in [2.24, 2.45) is 0 Å². The fraction of sp³-hybridized carbons (Fsp3) is 1.00. The van der Waals surface area contributed by atoms with Crippen molar-refractivity contribution in [3.8, 4) is 0 Å². The number of rotatable bonds is 27. The second kappa shape index (κ2) is 32.5. The summed E-state index contributed by atoms with van der Waals surface area (Å²) in [5.41, 5.74) is 0. The van der Waals surface area contributed by atoms with E-state index < -0.39 is 0 Å². The molecular formula is C24H52O12. The van der Waals surface area contributed by atoms with Gasteiger partial charge in [-0.2, -0.15) is 0 Å². The maximum Gasteiger partial charge on any atom is 0.0781 e. The molecule has 0 bridgehead atoms. The van der Waals surface area contributed by atoms with Gasteiger partial charge in [0.05, 0.1) is 131 Å². The molecule has 0 saturated carbocycles. The van der Waals surface area contributed by atoms with Crippen LogP contribution in [0, 0.1) is 0 Å². The lowest BCUT2D eigenvalue weighted by Gasteiger charge is -2.18. The molecule has 0 aliphatic carbocycles. The Bertz CT molecular complexity index is 358. The first kappa shape index (κ1) is 37.7. The Labute approximate surface area is 217 Å². The normalized spacial score (nSPS) is 13.8. The molecule has 0 spiro atoms. The largest absolute Gasteiger partial charge is 0.394 e. The zero-order valence-corrected chi connectivity index (χ0v) is 22.8. The molecule has 0 aromatic carbocycles. The van der Waals surface area contributed by atoms with E-state index in [1.807, 2.05) is 20.8 Å². The molecule has 0 aliphatic heterocycles. The van der Waals surface area contributed by atoms with Crippen LogP contribution in [0.1, 0.15) is 20.8 Å². The Morgan fingerprint density at radius 3 is 1.06 bits per heavy atom. The number of ether oxygens (including phenoxy) is 9. The summed E-state index contributed by atoms with van der Waals surface area (Å²) in [6, 6.07) is 0. The predicted octanol–water partition coefficient (Wildman–Crippen LogP) is -0.106. The third-order valence-corrected chi connectivity index (χ3v) is 4.22. The van der Waals surface area contributed by atoms with Crippen molar-refractivity contribution in [1.29, 1.82) is 0 Å². The number of hydrogen-bond acceptors (Lipinski definition) is 12. The van der Waals surface area contributed by atoms with Crippen LogP contribution >= 0.6 is 0 Å². The van der Waals surface area contributed by atoms with Crippen molar-refractivity contribution < 1.29 is 58.0 Å². The average molecular weight is 533 g/mol. The van der Waals surface area contributed by atoms with Crippen molar-refractivity contribution in [2.45, 2.75) is 39.1 Å². The Balaban J connectivity index is 0. The molecule has 0 amide bonds. The molecule has 12 nitrogen and oxygen atoms in total. The lowest BCUT2D eigenvalue weighted by molar-refractivity contribution is -0.0677. The van der Waals surface area contributed by atoms with Crippen LogP contribution in [0.3, 0.4) is 0 Å². The van der Waals surface area contributed by atoms with Crippen LogP contribution in [-0.4, -0.2) is 153 Å². The Morgan fingerprint density at radius 2 is 0.750 bits per heavy atom. The highest BCUT2D eigenvalue weighted by molar-refractivity contribution is 4.53. The second-order valence-corrected chi connectivity index (χ2v) is 7.64. The number of aliphatic hydroxyl groups is 3. The highest BCUT2D eigenvalue weighted by Gasteiger charge is 2.08. The van der Waals surface area contributed by atoms with Gasteiger partial charge in [0.25, 0.3) is 0 Å². The van der Waals surface area contributed by atoms with E-state index in [1.54, 1.807) is 7.11 Å². The summed E-state index contributed by atoms with van der Waals surface area (Å²) in [5, 5.41) is 25.7. The van der Waals surface area contributed by atoms with E-state index in [4.69, 9.17) is 58.0 Å². The Kier molecular flexibility index (Phi) is 34.1. The van der Waals surface area contributed by atoms with Gasteiger partial charge in [-0.05, 0) is 20.8 Å². The van der Waals surface area contributed by atoms with Crippen molar-refractivity contribution in [3.63, 3.8) is 0 Å². The highest BCUT2D eigenvalue weighted by atomic mass is 16.6. The quantitative estimate of drug-likeness (QED) is 0.121. The zero-order valence-electron chi connectivity index (χ0n) is 22.8. The molecule has 36 heavy (non-hydrogen) atoms. The zero-order chi connectivity index (χ0) is 27.1. The van der Waals surface area contributed by atoms with Crippen LogP contribution in [-0.2, 0) is 42.6 Å². The molecule has 0 heterocycles. The van der Waals surface area contributed by atoms with Gasteiger partial charge in [0.15, 0.2) is 0 Å². The minimum Gasteiger partial charge on any atom is -0.394 e. The summed E-state index contributed by atoms with van der Waals surface area (Å²) >= 11 is 0. The smallest absolute Gasteiger partial charge is 0.0781 e. The summed E-state index contributed by atoms with van der Waals surface area (Å²) in [5.74, 6) is 0. The number of aliphatic hydroxyl groups excluding tert-OH is 3. The fourth-order valence-electron chi connectivity index (χ4n) is 2.10. The van der Waals surface area contributed by atoms with Crippen molar-refractivity contribution in [1.82, 2.24) is 0 Å². The van der Waals surface area contributed by atoms with Gasteiger partial charge >= 0.3 is 0 Å². The number of methoxy groups -OCH3 is 1. The van der Waals surface area contributed by atoms with Crippen LogP contribution < -0.4 is 0 Å². The summed E-state index contributed by atoms with van der Waals surface area (Å²) in [6.45, 7) is 12.6. The van der Waals surface area contributed by atoms with Crippen molar-refractivity contribution in [2.75, 3.05) is 119 Å². The van der Waals surface area contributed by atoms with Crippen LogP contribution in [0.5, 0.6) is 0 Å². The molecule has 3 N–H and O–H groups in total. The predicted molar refractivity (Wildman–Crippen MR) is 133 cm³/mol. The molecular weight excluding hydrogens is 480 g/mol. The lowest BCUT2D eigenvalue weighted by atomic mass is 10.4. The summed E-state index contributed by atoms with van der Waals surface area (Å²) in [6.07, 6.45) is 0.00946. The van der Waals surface area contributed by atoms with E-state index in [9.17, 15) is 0 Å². The first-order valence-electron chi connectivity index (χ1n) is 12.6. The van der Waals surface area contributed by atoms with Gasteiger partial charge in [-0.25, -0.2) is 0 Å². The third kappa shape index (κ3) is 33.5. The SMILES string of the molecule is COC(C)COC(C)COC(C)CO.OCCOCCOCCOCCOCCOCCOCCO. The molecule has 220 valence electrons. The van der Waals surface area contributed by atoms with E-state index in [1.165, 1.54) is 0 Å². The third-order valence-electron chi connectivity index (χ3n) is 4.22. The standard InChI is InChI=1S/C14H30O8.C10H22O4/c15-1-3-17-5-7-19-9-11-21-13-14-22-12-10-20-8-6-18-4-2-16;1-8(5-11)13-7-10(3)14-6-9(2)12-4/h15-16H,1-14H2;8-11H,5-7H2,1-4H3. The molecule has 0 fully saturated rings. The highest BCUT2D eigenvalue weighted by Crippen LogP contribution is 1.98. The van der Waals surface area contributed by atoms with Gasteiger partial charge in [-0.1, -0.05) is 0 Å². The summed E-state index contributed by atoms with van der Waals surface area (Å²) < 4.78 is 47.0.